The molecule has 3 N–H and O–H groups in total. The van der Waals surface area contributed by atoms with E-state index in [4.69, 9.17) is 0 Å². The van der Waals surface area contributed by atoms with Crippen molar-refractivity contribution in [3.8, 4) is 0 Å². The van der Waals surface area contributed by atoms with Gasteiger partial charge in [-0.05, 0) is 49.5 Å². The average molecular weight is 272 g/mol. The van der Waals surface area contributed by atoms with Crippen molar-refractivity contribution in [3.63, 3.8) is 0 Å². The Hall–Kier alpha value is -1.88. The normalized spacial score (nSPS) is 16.4. The second kappa shape index (κ2) is 6.05. The van der Waals surface area contributed by atoms with Crippen molar-refractivity contribution in [3.05, 3.63) is 30.1 Å². The number of nitrogens with zero attached hydrogens (tertiary/aromatic N) is 1. The van der Waals surface area contributed by atoms with Crippen LogP contribution in [0.15, 0.2) is 24.5 Å². The van der Waals surface area contributed by atoms with Gasteiger partial charge in [-0.1, -0.05) is 6.07 Å². The van der Waals surface area contributed by atoms with E-state index >= 15 is 0 Å². The number of fused-ring (bicyclic) bond motifs is 1. The van der Waals surface area contributed by atoms with Gasteiger partial charge in [0.25, 0.3) is 0 Å². The van der Waals surface area contributed by atoms with E-state index in [1.165, 1.54) is 0 Å². The van der Waals surface area contributed by atoms with Gasteiger partial charge in [0, 0.05) is 13.0 Å². The molecule has 0 bridgehead atoms. The molecular formula is C15H20N4O. The molecule has 1 aromatic carbocycles. The van der Waals surface area contributed by atoms with Crippen molar-refractivity contribution in [2.24, 2.45) is 5.92 Å². The van der Waals surface area contributed by atoms with Gasteiger partial charge in [-0.3, -0.25) is 4.79 Å². The van der Waals surface area contributed by atoms with Gasteiger partial charge in [-0.15, -0.1) is 0 Å². The minimum atomic E-state index is 0.154. The van der Waals surface area contributed by atoms with Crippen LogP contribution in [0, 0.1) is 5.92 Å². The summed E-state index contributed by atoms with van der Waals surface area (Å²) >= 11 is 0. The zero-order valence-corrected chi connectivity index (χ0v) is 11.5. The molecule has 1 aromatic heterocycles. The largest absolute Gasteiger partial charge is 0.352 e. The molecule has 0 atom stereocenters. The van der Waals surface area contributed by atoms with E-state index in [2.05, 4.69) is 20.6 Å². The maximum absolute atomic E-state index is 11.9. The number of carbonyl (C=O) groups excluding carboxylic acids is 1. The Balaban J connectivity index is 1.51. The molecule has 5 nitrogen and oxygen atoms in total. The number of nitrogens with one attached hydrogen (secondary N) is 3. The van der Waals surface area contributed by atoms with E-state index in [0.717, 1.165) is 42.5 Å². The molecule has 0 spiro atoms. The number of amides is 1. The van der Waals surface area contributed by atoms with Crippen molar-refractivity contribution in [2.75, 3.05) is 13.1 Å². The predicted molar refractivity (Wildman–Crippen MR) is 78.2 cm³/mol. The quantitative estimate of drug-likeness (QED) is 0.791. The maximum atomic E-state index is 11.9. The number of H-pyrrole nitrogens is 1. The Labute approximate surface area is 118 Å². The minimum Gasteiger partial charge on any atom is -0.352 e. The summed E-state index contributed by atoms with van der Waals surface area (Å²) in [5.74, 6) is 0.688. The van der Waals surface area contributed by atoms with Crippen molar-refractivity contribution in [1.82, 2.24) is 20.6 Å². The van der Waals surface area contributed by atoms with E-state index in [1.54, 1.807) is 6.33 Å². The number of benzene rings is 1. The molecule has 1 aliphatic heterocycles. The van der Waals surface area contributed by atoms with Crippen LogP contribution in [0.2, 0.25) is 0 Å². The van der Waals surface area contributed by atoms with E-state index in [9.17, 15) is 4.79 Å². The van der Waals surface area contributed by atoms with Crippen LogP contribution >= 0.6 is 0 Å². The summed E-state index contributed by atoms with van der Waals surface area (Å²) in [5.41, 5.74) is 3.06. The second-order valence-electron chi connectivity index (χ2n) is 5.43. The predicted octanol–water partition coefficient (Wildman–Crippen LogP) is 1.57. The molecule has 1 fully saturated rings. The number of imidazole rings is 1. The van der Waals surface area contributed by atoms with Crippen LogP contribution in [0.3, 0.4) is 0 Å². The van der Waals surface area contributed by atoms with Gasteiger partial charge in [-0.2, -0.15) is 0 Å². The van der Waals surface area contributed by atoms with Crippen molar-refractivity contribution >= 4 is 16.9 Å². The van der Waals surface area contributed by atoms with Gasteiger partial charge in [0.15, 0.2) is 0 Å². The van der Waals surface area contributed by atoms with Gasteiger partial charge in [0.2, 0.25) is 5.91 Å². The lowest BCUT2D eigenvalue weighted by molar-refractivity contribution is -0.122. The second-order valence-corrected chi connectivity index (χ2v) is 5.43. The first kappa shape index (κ1) is 13.1. The Morgan fingerprint density at radius 3 is 3.05 bits per heavy atom. The molecule has 20 heavy (non-hydrogen) atoms. The topological polar surface area (TPSA) is 69.8 Å². The Morgan fingerprint density at radius 1 is 1.35 bits per heavy atom. The Morgan fingerprint density at radius 2 is 2.20 bits per heavy atom. The SMILES string of the molecule is O=C(CC1CCNCC1)NCc1ccc2nc[nH]c2c1. The van der Waals surface area contributed by atoms with Gasteiger partial charge in [-0.25, -0.2) is 4.98 Å². The van der Waals surface area contributed by atoms with E-state index in [0.29, 0.717) is 18.9 Å². The van der Waals surface area contributed by atoms with Crippen LogP contribution in [0.4, 0.5) is 0 Å². The molecule has 0 radical (unpaired) electrons. The average Bonchev–Trinajstić information content (AvgIpc) is 2.93. The van der Waals surface area contributed by atoms with Gasteiger partial charge >= 0.3 is 0 Å². The van der Waals surface area contributed by atoms with Crippen LogP contribution in [-0.4, -0.2) is 29.0 Å². The van der Waals surface area contributed by atoms with Crippen LogP contribution < -0.4 is 10.6 Å². The zero-order chi connectivity index (χ0) is 13.8. The fourth-order valence-corrected chi connectivity index (χ4v) is 2.71. The van der Waals surface area contributed by atoms with E-state index in [-0.39, 0.29) is 5.91 Å². The summed E-state index contributed by atoms with van der Waals surface area (Å²) in [4.78, 5) is 19.2. The Kier molecular flexibility index (Phi) is 3.97. The molecule has 0 unspecified atom stereocenters. The van der Waals surface area contributed by atoms with Gasteiger partial charge in [0.1, 0.15) is 0 Å². The molecule has 5 heteroatoms. The fourth-order valence-electron chi connectivity index (χ4n) is 2.71. The number of hydrogen-bond donors (Lipinski definition) is 3. The third-order valence-corrected chi connectivity index (χ3v) is 3.91. The molecule has 1 saturated heterocycles. The standard InChI is InChI=1S/C15H20N4O/c20-15(8-11-3-5-16-6-4-11)17-9-12-1-2-13-14(7-12)19-10-18-13/h1-2,7,10-11,16H,3-6,8-9H2,(H,17,20)(H,18,19). The van der Waals surface area contributed by atoms with Crippen molar-refractivity contribution < 1.29 is 4.79 Å². The lowest BCUT2D eigenvalue weighted by Crippen LogP contribution is -2.32. The van der Waals surface area contributed by atoms with Gasteiger partial charge in [0.05, 0.1) is 17.4 Å². The summed E-state index contributed by atoms with van der Waals surface area (Å²) in [6.07, 6.45) is 4.54. The summed E-state index contributed by atoms with van der Waals surface area (Å²) in [6.45, 7) is 2.65. The highest BCUT2D eigenvalue weighted by molar-refractivity contribution is 5.77. The number of rotatable bonds is 4. The highest BCUT2D eigenvalue weighted by Crippen LogP contribution is 2.16. The monoisotopic (exact) mass is 272 g/mol. The highest BCUT2D eigenvalue weighted by atomic mass is 16.1. The number of carbonyl (C=O) groups is 1. The summed E-state index contributed by atoms with van der Waals surface area (Å²) in [5, 5.41) is 6.33. The maximum Gasteiger partial charge on any atom is 0.220 e. The van der Waals surface area contributed by atoms with Crippen LogP contribution in [-0.2, 0) is 11.3 Å². The lowest BCUT2D eigenvalue weighted by Gasteiger charge is -2.21. The van der Waals surface area contributed by atoms with E-state index < -0.39 is 0 Å². The third kappa shape index (κ3) is 3.17. The summed E-state index contributed by atoms with van der Waals surface area (Å²) in [7, 11) is 0. The Bertz CT molecular complexity index is 586. The molecule has 3 rings (SSSR count). The molecule has 0 aliphatic carbocycles. The molecule has 0 saturated carbocycles. The van der Waals surface area contributed by atoms with Crippen LogP contribution in [0.25, 0.3) is 11.0 Å². The molecular weight excluding hydrogens is 252 g/mol. The molecule has 106 valence electrons. The minimum absolute atomic E-state index is 0.154. The first-order valence-corrected chi connectivity index (χ1v) is 7.21. The third-order valence-electron chi connectivity index (χ3n) is 3.91. The highest BCUT2D eigenvalue weighted by Gasteiger charge is 2.16. The molecule has 2 aromatic rings. The molecule has 1 amide bonds. The zero-order valence-electron chi connectivity index (χ0n) is 11.5. The fraction of sp³-hybridized carbons (Fsp3) is 0.467. The van der Waals surface area contributed by atoms with Gasteiger partial charge < -0.3 is 15.6 Å². The smallest absolute Gasteiger partial charge is 0.220 e. The molecule has 1 aliphatic rings. The number of aromatic amines is 1. The van der Waals surface area contributed by atoms with Crippen molar-refractivity contribution in [2.45, 2.75) is 25.8 Å². The van der Waals surface area contributed by atoms with Crippen LogP contribution in [0.1, 0.15) is 24.8 Å². The van der Waals surface area contributed by atoms with Crippen LogP contribution in [0.5, 0.6) is 0 Å². The molecule has 2 heterocycles. The summed E-state index contributed by atoms with van der Waals surface area (Å²) < 4.78 is 0. The van der Waals surface area contributed by atoms with E-state index in [1.807, 2.05) is 18.2 Å². The number of aromatic nitrogens is 2. The first-order chi connectivity index (χ1) is 9.81. The first-order valence-electron chi connectivity index (χ1n) is 7.21. The lowest BCUT2D eigenvalue weighted by atomic mass is 9.94. The number of piperidine rings is 1. The van der Waals surface area contributed by atoms with Crippen molar-refractivity contribution in [1.29, 1.82) is 0 Å². The number of hydrogen-bond acceptors (Lipinski definition) is 3. The summed E-state index contributed by atoms with van der Waals surface area (Å²) in [6, 6.07) is 6.02.